The number of carbonyl (C=O) groups excluding carboxylic acids is 1. The first-order valence-electron chi connectivity index (χ1n) is 8.47. The monoisotopic (exact) mass is 360 g/mol. The topological polar surface area (TPSA) is 67.2 Å². The number of para-hydroxylation sites is 1. The highest BCUT2D eigenvalue weighted by Gasteiger charge is 2.26. The fraction of sp³-hybridized carbons (Fsp3) is 0.389. The van der Waals surface area contributed by atoms with E-state index < -0.39 is 0 Å². The van der Waals surface area contributed by atoms with Gasteiger partial charge in [0.25, 0.3) is 5.56 Å². The Morgan fingerprint density at radius 1 is 1.28 bits per heavy atom. The summed E-state index contributed by atoms with van der Waals surface area (Å²) in [4.78, 5) is 26.5. The van der Waals surface area contributed by atoms with Gasteiger partial charge < -0.3 is 10.2 Å². The quantitative estimate of drug-likeness (QED) is 0.908. The number of amides is 1. The molecule has 0 saturated carbocycles. The van der Waals surface area contributed by atoms with Crippen molar-refractivity contribution in [3.63, 3.8) is 0 Å². The zero-order valence-corrected chi connectivity index (χ0v) is 14.9. The molecule has 0 radical (unpaired) electrons. The summed E-state index contributed by atoms with van der Waals surface area (Å²) in [5.74, 6) is 0.124. The lowest BCUT2D eigenvalue weighted by atomic mass is 9.95. The van der Waals surface area contributed by atoms with Crippen LogP contribution in [0.2, 0.25) is 5.02 Å². The van der Waals surface area contributed by atoms with Crippen molar-refractivity contribution in [2.45, 2.75) is 19.8 Å². The first kappa shape index (κ1) is 17.5. The minimum atomic E-state index is -0.337. The maximum atomic E-state index is 12.6. The first-order valence-corrected chi connectivity index (χ1v) is 8.85. The molecule has 1 aromatic carbocycles. The summed E-state index contributed by atoms with van der Waals surface area (Å²) in [5, 5.41) is 7.30. The Balaban J connectivity index is 1.78. The number of halogens is 1. The molecule has 7 heteroatoms. The number of nitrogens with zero attached hydrogens (tertiary/aromatic N) is 3. The van der Waals surface area contributed by atoms with Crippen molar-refractivity contribution < 1.29 is 4.79 Å². The molecule has 1 fully saturated rings. The van der Waals surface area contributed by atoms with E-state index in [0.717, 1.165) is 12.8 Å². The number of benzene rings is 1. The zero-order chi connectivity index (χ0) is 17.8. The van der Waals surface area contributed by atoms with Gasteiger partial charge in [0.2, 0.25) is 5.91 Å². The maximum Gasteiger partial charge on any atom is 0.292 e. The standard InChI is InChI=1S/C18H21ClN4O2/c1-2-20-17(24)13-8-10-22(11-9-13)15-12-21-23(18(25)16(15)19)14-6-4-3-5-7-14/h3-7,12-13H,2,8-11H2,1H3,(H,20,24). The number of aromatic nitrogens is 2. The van der Waals surface area contributed by atoms with Crippen LogP contribution in [0.15, 0.2) is 41.3 Å². The average molecular weight is 361 g/mol. The van der Waals surface area contributed by atoms with Crippen LogP contribution in [0.5, 0.6) is 0 Å². The molecule has 1 aliphatic rings. The summed E-state index contributed by atoms with van der Waals surface area (Å²) in [6.07, 6.45) is 3.11. The second kappa shape index (κ2) is 7.70. The van der Waals surface area contributed by atoms with Gasteiger partial charge in [-0.3, -0.25) is 9.59 Å². The molecule has 0 aliphatic carbocycles. The van der Waals surface area contributed by atoms with Crippen LogP contribution in [0.3, 0.4) is 0 Å². The molecule has 3 rings (SSSR count). The summed E-state index contributed by atoms with van der Waals surface area (Å²) in [5.41, 5.74) is 0.973. The van der Waals surface area contributed by atoms with Gasteiger partial charge in [0.15, 0.2) is 0 Å². The average Bonchev–Trinajstić information content (AvgIpc) is 2.65. The lowest BCUT2D eigenvalue weighted by molar-refractivity contribution is -0.125. The minimum Gasteiger partial charge on any atom is -0.369 e. The molecular formula is C18H21ClN4O2. The third-order valence-electron chi connectivity index (χ3n) is 4.46. The van der Waals surface area contributed by atoms with Gasteiger partial charge in [0, 0.05) is 25.6 Å². The smallest absolute Gasteiger partial charge is 0.292 e. The predicted octanol–water partition coefficient (Wildman–Crippen LogP) is 2.24. The Kier molecular flexibility index (Phi) is 5.38. The molecule has 2 heterocycles. The van der Waals surface area contributed by atoms with Gasteiger partial charge in [-0.1, -0.05) is 29.8 Å². The van der Waals surface area contributed by atoms with Gasteiger partial charge in [-0.15, -0.1) is 0 Å². The Morgan fingerprint density at radius 3 is 2.60 bits per heavy atom. The molecule has 0 bridgehead atoms. The Morgan fingerprint density at radius 2 is 1.96 bits per heavy atom. The molecule has 1 N–H and O–H groups in total. The first-order chi connectivity index (χ1) is 12.1. The molecule has 1 amide bonds. The molecule has 25 heavy (non-hydrogen) atoms. The molecule has 1 aliphatic heterocycles. The lowest BCUT2D eigenvalue weighted by Crippen LogP contribution is -2.41. The van der Waals surface area contributed by atoms with Crippen LogP contribution in [0, 0.1) is 5.92 Å². The molecular weight excluding hydrogens is 340 g/mol. The van der Waals surface area contributed by atoms with Crippen LogP contribution < -0.4 is 15.8 Å². The van der Waals surface area contributed by atoms with E-state index >= 15 is 0 Å². The van der Waals surface area contributed by atoms with Crippen molar-refractivity contribution in [3.8, 4) is 5.69 Å². The zero-order valence-electron chi connectivity index (χ0n) is 14.1. The molecule has 6 nitrogen and oxygen atoms in total. The van der Waals surface area contributed by atoms with Gasteiger partial charge >= 0.3 is 0 Å². The number of anilines is 1. The molecule has 0 unspecified atom stereocenters. The summed E-state index contributed by atoms with van der Waals surface area (Å²) in [6.45, 7) is 3.92. The number of carbonyl (C=O) groups is 1. The van der Waals surface area contributed by atoms with E-state index in [2.05, 4.69) is 10.4 Å². The minimum absolute atomic E-state index is 0.0209. The molecule has 132 valence electrons. The van der Waals surface area contributed by atoms with Crippen LogP contribution in [0.1, 0.15) is 19.8 Å². The van der Waals surface area contributed by atoms with Gasteiger partial charge in [0.1, 0.15) is 5.02 Å². The van der Waals surface area contributed by atoms with Gasteiger partial charge in [-0.25, -0.2) is 0 Å². The fourth-order valence-electron chi connectivity index (χ4n) is 3.10. The fourth-order valence-corrected chi connectivity index (χ4v) is 3.35. The third kappa shape index (κ3) is 3.69. The number of hydrogen-bond acceptors (Lipinski definition) is 4. The molecule has 1 aromatic heterocycles. The number of piperidine rings is 1. The highest BCUT2D eigenvalue weighted by Crippen LogP contribution is 2.27. The Hall–Kier alpha value is -2.34. The van der Waals surface area contributed by atoms with Crippen molar-refractivity contribution in [3.05, 3.63) is 51.9 Å². The number of nitrogens with one attached hydrogen (secondary N) is 1. The summed E-state index contributed by atoms with van der Waals surface area (Å²) >= 11 is 6.34. The van der Waals surface area contributed by atoms with Crippen molar-refractivity contribution in [2.24, 2.45) is 5.92 Å². The van der Waals surface area contributed by atoms with Gasteiger partial charge in [-0.2, -0.15) is 9.78 Å². The highest BCUT2D eigenvalue weighted by atomic mass is 35.5. The van der Waals surface area contributed by atoms with E-state index in [-0.39, 0.29) is 22.4 Å². The van der Waals surface area contributed by atoms with E-state index in [4.69, 9.17) is 11.6 Å². The predicted molar refractivity (Wildman–Crippen MR) is 98.5 cm³/mol. The normalized spacial score (nSPS) is 15.2. The largest absolute Gasteiger partial charge is 0.369 e. The van der Waals surface area contributed by atoms with E-state index in [1.807, 2.05) is 42.2 Å². The number of rotatable bonds is 4. The van der Waals surface area contributed by atoms with Crippen LogP contribution >= 0.6 is 11.6 Å². The summed E-state index contributed by atoms with van der Waals surface area (Å²) < 4.78 is 1.30. The van der Waals surface area contributed by atoms with Crippen molar-refractivity contribution in [2.75, 3.05) is 24.5 Å². The second-order valence-corrected chi connectivity index (χ2v) is 6.43. The molecule has 0 spiro atoms. The summed E-state index contributed by atoms with van der Waals surface area (Å²) in [7, 11) is 0. The number of hydrogen-bond donors (Lipinski definition) is 1. The van der Waals surface area contributed by atoms with E-state index in [9.17, 15) is 9.59 Å². The Labute approximate surface area is 151 Å². The third-order valence-corrected chi connectivity index (χ3v) is 4.81. The molecule has 2 aromatic rings. The SMILES string of the molecule is CCNC(=O)C1CCN(c2cnn(-c3ccccc3)c(=O)c2Cl)CC1. The van der Waals surface area contributed by atoms with Crippen molar-refractivity contribution in [1.82, 2.24) is 15.1 Å². The van der Waals surface area contributed by atoms with Crippen LogP contribution in [-0.4, -0.2) is 35.3 Å². The molecule has 0 atom stereocenters. The van der Waals surface area contributed by atoms with Crippen molar-refractivity contribution in [1.29, 1.82) is 0 Å². The van der Waals surface area contributed by atoms with Crippen molar-refractivity contribution >= 4 is 23.2 Å². The highest BCUT2D eigenvalue weighted by molar-refractivity contribution is 6.33. The lowest BCUT2D eigenvalue weighted by Gasteiger charge is -2.33. The van der Waals surface area contributed by atoms with Crippen LogP contribution in [0.4, 0.5) is 5.69 Å². The second-order valence-electron chi connectivity index (χ2n) is 6.05. The van der Waals surface area contributed by atoms with Gasteiger partial charge in [0.05, 0.1) is 17.6 Å². The molecule has 1 saturated heterocycles. The van der Waals surface area contributed by atoms with Crippen LogP contribution in [-0.2, 0) is 4.79 Å². The van der Waals surface area contributed by atoms with Gasteiger partial charge in [-0.05, 0) is 31.9 Å². The van der Waals surface area contributed by atoms with E-state index in [1.54, 1.807) is 6.20 Å². The van der Waals surface area contributed by atoms with Crippen LogP contribution in [0.25, 0.3) is 5.69 Å². The van der Waals surface area contributed by atoms with E-state index in [1.165, 1.54) is 4.68 Å². The maximum absolute atomic E-state index is 12.6. The summed E-state index contributed by atoms with van der Waals surface area (Å²) in [6, 6.07) is 9.18. The Bertz CT molecular complexity index is 798. The van der Waals surface area contributed by atoms with E-state index in [0.29, 0.717) is 31.0 Å².